The molecule has 4 heteroatoms. The van der Waals surface area contributed by atoms with Crippen molar-refractivity contribution in [3.05, 3.63) is 0 Å². The van der Waals surface area contributed by atoms with Crippen LogP contribution >= 0.6 is 0 Å². The molecule has 1 aliphatic rings. The van der Waals surface area contributed by atoms with Crippen molar-refractivity contribution in [3.63, 3.8) is 0 Å². The first-order valence-electron chi connectivity index (χ1n) is 6.08. The fraction of sp³-hybridized carbons (Fsp3) is 0.917. The number of carbonyl (C=O) groups is 1. The second-order valence-electron chi connectivity index (χ2n) is 5.56. The fourth-order valence-electron chi connectivity index (χ4n) is 2.17. The van der Waals surface area contributed by atoms with Gasteiger partial charge < -0.3 is 15.8 Å². The van der Waals surface area contributed by atoms with E-state index in [1.165, 1.54) is 0 Å². The molecule has 0 unspecified atom stereocenters. The molecule has 94 valence electrons. The largest absolute Gasteiger partial charge is 0.461 e. The average Bonchev–Trinajstić information content (AvgIpc) is 2.18. The zero-order chi connectivity index (χ0) is 12.2. The molecule has 0 radical (unpaired) electrons. The number of nitrogens with two attached hydrogens (primary N) is 1. The third-order valence-corrected chi connectivity index (χ3v) is 2.78. The number of ether oxygens (including phenoxy) is 1. The molecule has 0 atom stereocenters. The minimum Gasteiger partial charge on any atom is -0.461 e. The molecule has 1 fully saturated rings. The Balaban J connectivity index is 2.26. The molecule has 0 aromatic rings. The normalized spacial score (nSPS) is 26.5. The van der Waals surface area contributed by atoms with Crippen LogP contribution in [0.25, 0.3) is 0 Å². The molecule has 0 amide bonds. The van der Waals surface area contributed by atoms with Crippen LogP contribution in [0.5, 0.6) is 0 Å². The van der Waals surface area contributed by atoms with Crippen LogP contribution in [-0.2, 0) is 9.53 Å². The number of rotatable bonds is 3. The predicted octanol–water partition coefficient (Wildman–Crippen LogP) is 1.19. The van der Waals surface area contributed by atoms with Crippen LogP contribution in [0, 0.1) is 0 Å². The second kappa shape index (κ2) is 5.64. The van der Waals surface area contributed by atoms with Crippen LogP contribution in [-0.4, -0.2) is 30.2 Å². The monoisotopic (exact) mass is 228 g/mol. The van der Waals surface area contributed by atoms with Crippen LogP contribution in [0.2, 0.25) is 0 Å². The summed E-state index contributed by atoms with van der Waals surface area (Å²) in [5.74, 6) is -0.285. The molecular weight excluding hydrogens is 204 g/mol. The Bertz CT molecular complexity index is 228. The molecule has 0 bridgehead atoms. The summed E-state index contributed by atoms with van der Waals surface area (Å²) in [7, 11) is 0. The Hall–Kier alpha value is -0.610. The van der Waals surface area contributed by atoms with Gasteiger partial charge in [-0.1, -0.05) is 0 Å². The lowest BCUT2D eigenvalue weighted by atomic mass is 9.91. The number of hydrogen-bond donors (Lipinski definition) is 2. The van der Waals surface area contributed by atoms with Crippen molar-refractivity contribution < 1.29 is 9.53 Å². The van der Waals surface area contributed by atoms with Gasteiger partial charge in [0.2, 0.25) is 0 Å². The van der Waals surface area contributed by atoms with Crippen LogP contribution in [0.3, 0.4) is 0 Å². The van der Waals surface area contributed by atoms with E-state index in [0.29, 0.717) is 6.04 Å². The van der Waals surface area contributed by atoms with Crippen molar-refractivity contribution in [3.8, 4) is 0 Å². The third kappa shape index (κ3) is 4.94. The van der Waals surface area contributed by atoms with Crippen LogP contribution in [0.4, 0.5) is 0 Å². The highest BCUT2D eigenvalue weighted by atomic mass is 16.5. The van der Waals surface area contributed by atoms with Crippen molar-refractivity contribution in [1.29, 1.82) is 0 Å². The summed E-state index contributed by atoms with van der Waals surface area (Å²) in [6, 6.07) is 0.549. The van der Waals surface area contributed by atoms with E-state index in [1.807, 2.05) is 0 Å². The van der Waals surface area contributed by atoms with Gasteiger partial charge in [0, 0.05) is 11.6 Å². The first-order valence-corrected chi connectivity index (χ1v) is 6.08. The van der Waals surface area contributed by atoms with Crippen LogP contribution in [0.1, 0.15) is 46.5 Å². The molecule has 1 saturated carbocycles. The molecule has 4 nitrogen and oxygen atoms in total. The number of esters is 1. The van der Waals surface area contributed by atoms with E-state index >= 15 is 0 Å². The maximum atomic E-state index is 11.0. The summed E-state index contributed by atoms with van der Waals surface area (Å²) in [4.78, 5) is 11.0. The predicted molar refractivity (Wildman–Crippen MR) is 64.1 cm³/mol. The highest BCUT2D eigenvalue weighted by Crippen LogP contribution is 2.22. The van der Waals surface area contributed by atoms with Gasteiger partial charge in [0.05, 0.1) is 6.54 Å². The first-order chi connectivity index (χ1) is 7.40. The Morgan fingerprint density at radius 3 is 2.31 bits per heavy atom. The quantitative estimate of drug-likeness (QED) is 0.712. The van der Waals surface area contributed by atoms with Gasteiger partial charge in [0.25, 0.3) is 0 Å². The Morgan fingerprint density at radius 2 is 1.88 bits per heavy atom. The highest BCUT2D eigenvalue weighted by Gasteiger charge is 2.25. The summed E-state index contributed by atoms with van der Waals surface area (Å²) in [5, 5.41) is 3.58. The molecule has 0 heterocycles. The van der Waals surface area contributed by atoms with E-state index < -0.39 is 0 Å². The summed E-state index contributed by atoms with van der Waals surface area (Å²) in [6.07, 6.45) is 4.10. The van der Waals surface area contributed by atoms with E-state index in [0.717, 1.165) is 25.7 Å². The van der Waals surface area contributed by atoms with Crippen molar-refractivity contribution in [1.82, 2.24) is 5.32 Å². The molecule has 16 heavy (non-hydrogen) atoms. The topological polar surface area (TPSA) is 64.3 Å². The molecular formula is C12H24N2O2. The minimum absolute atomic E-state index is 0.0137. The number of nitrogens with one attached hydrogen (secondary N) is 1. The lowest BCUT2D eigenvalue weighted by molar-refractivity contribution is -0.148. The zero-order valence-electron chi connectivity index (χ0n) is 10.6. The van der Waals surface area contributed by atoms with Gasteiger partial charge in [-0.25, -0.2) is 0 Å². The molecule has 0 aromatic heterocycles. The van der Waals surface area contributed by atoms with Gasteiger partial charge in [0.15, 0.2) is 0 Å². The van der Waals surface area contributed by atoms with E-state index in [-0.39, 0.29) is 24.2 Å². The fourth-order valence-corrected chi connectivity index (χ4v) is 2.17. The van der Waals surface area contributed by atoms with Crippen molar-refractivity contribution in [2.45, 2.75) is 64.1 Å². The van der Waals surface area contributed by atoms with E-state index in [9.17, 15) is 4.79 Å². The molecule has 1 aliphatic carbocycles. The lowest BCUT2D eigenvalue weighted by Gasteiger charge is -2.33. The Kier molecular flexibility index (Phi) is 4.74. The SMILES string of the molecule is CC(C)(C)N[C@H]1CC[C@H](OC(=O)CN)CC1. The van der Waals surface area contributed by atoms with Crippen molar-refractivity contribution in [2.24, 2.45) is 5.73 Å². The number of hydrogen-bond acceptors (Lipinski definition) is 4. The summed E-state index contributed by atoms with van der Waals surface area (Å²) in [5.41, 5.74) is 5.37. The molecule has 0 saturated heterocycles. The summed E-state index contributed by atoms with van der Waals surface area (Å²) < 4.78 is 5.23. The molecule has 0 aromatic carbocycles. The van der Waals surface area contributed by atoms with E-state index in [2.05, 4.69) is 26.1 Å². The molecule has 3 N–H and O–H groups in total. The lowest BCUT2D eigenvalue weighted by Crippen LogP contribution is -2.46. The smallest absolute Gasteiger partial charge is 0.319 e. The summed E-state index contributed by atoms with van der Waals surface area (Å²) in [6.45, 7) is 6.51. The van der Waals surface area contributed by atoms with Gasteiger partial charge in [-0.2, -0.15) is 0 Å². The molecule has 0 spiro atoms. The highest BCUT2D eigenvalue weighted by molar-refractivity contribution is 5.71. The third-order valence-electron chi connectivity index (χ3n) is 2.78. The first kappa shape index (κ1) is 13.5. The molecule has 0 aliphatic heterocycles. The standard InChI is InChI=1S/C12H24N2O2/c1-12(2,3)14-9-4-6-10(7-5-9)16-11(15)8-13/h9-10,14H,4-8,13H2,1-3H3/t9-,10-. The average molecular weight is 228 g/mol. The Labute approximate surface area is 97.9 Å². The Morgan fingerprint density at radius 1 is 1.31 bits per heavy atom. The van der Waals surface area contributed by atoms with Crippen LogP contribution < -0.4 is 11.1 Å². The number of carbonyl (C=O) groups excluding carboxylic acids is 1. The maximum absolute atomic E-state index is 11.0. The van der Waals surface area contributed by atoms with Gasteiger partial charge in [-0.05, 0) is 46.5 Å². The van der Waals surface area contributed by atoms with E-state index in [1.54, 1.807) is 0 Å². The van der Waals surface area contributed by atoms with Gasteiger partial charge in [0.1, 0.15) is 6.10 Å². The maximum Gasteiger partial charge on any atom is 0.319 e. The van der Waals surface area contributed by atoms with Crippen molar-refractivity contribution in [2.75, 3.05) is 6.54 Å². The second-order valence-corrected chi connectivity index (χ2v) is 5.56. The van der Waals surface area contributed by atoms with Gasteiger partial charge >= 0.3 is 5.97 Å². The zero-order valence-corrected chi connectivity index (χ0v) is 10.6. The van der Waals surface area contributed by atoms with Gasteiger partial charge in [-0.3, -0.25) is 4.79 Å². The van der Waals surface area contributed by atoms with Crippen LogP contribution in [0.15, 0.2) is 0 Å². The van der Waals surface area contributed by atoms with E-state index in [4.69, 9.17) is 10.5 Å². The summed E-state index contributed by atoms with van der Waals surface area (Å²) >= 11 is 0. The van der Waals surface area contributed by atoms with Crippen molar-refractivity contribution >= 4 is 5.97 Å². The molecule has 1 rings (SSSR count). The van der Waals surface area contributed by atoms with Gasteiger partial charge in [-0.15, -0.1) is 0 Å². The minimum atomic E-state index is -0.285.